The summed E-state index contributed by atoms with van der Waals surface area (Å²) in [6, 6.07) is 19.8. The highest BCUT2D eigenvalue weighted by Crippen LogP contribution is 2.43. The number of hydrogen-bond acceptors (Lipinski definition) is 20. The number of nitro groups is 2. The topological polar surface area (TPSA) is 315 Å². The van der Waals surface area contributed by atoms with Crippen molar-refractivity contribution >= 4 is 96.6 Å². The molecule has 0 aliphatic heterocycles. The van der Waals surface area contributed by atoms with Crippen molar-refractivity contribution < 1.29 is 65.7 Å². The fourth-order valence-electron chi connectivity index (χ4n) is 6.54. The lowest BCUT2D eigenvalue weighted by atomic mass is 9.82. The molecule has 0 aromatic heterocycles. The van der Waals surface area contributed by atoms with Gasteiger partial charge < -0.3 is 39.0 Å². The van der Waals surface area contributed by atoms with Gasteiger partial charge in [-0.15, -0.1) is 10.2 Å². The minimum Gasteiger partial charge on any atom is -0.507 e. The Balaban J connectivity index is 0.000000269. The summed E-state index contributed by atoms with van der Waals surface area (Å²) in [5.74, 6) is -2.20. The molecule has 69 heavy (non-hydrogen) atoms. The Labute approximate surface area is 397 Å². The normalized spacial score (nSPS) is 11.6. The van der Waals surface area contributed by atoms with Crippen LogP contribution in [0.1, 0.15) is 52.6 Å². The van der Waals surface area contributed by atoms with Gasteiger partial charge in [0.15, 0.2) is 17.3 Å². The number of non-ortho nitro benzene ring substituents is 1. The van der Waals surface area contributed by atoms with Crippen molar-refractivity contribution in [3.05, 3.63) is 132 Å². The standard InChI is InChI=1S/C23H25ClN6O10.C21H15NO6S/c1-13(31)25-18-11-20(28(5-7-39-14(2)32)6-8-40-15(3)33)22(38-4)12-19(18)26-27-23-17(24)9-16(29(34)35)10-21(23)30(36)37;1-29(26,27)28-13-8-6-12(7-9-13)22-16-10-11-17(23)19-18(16)20(24)14-4-2-3-5-15(14)21(19)25/h9-12H,5-8H2,1-4H3,(H,25,31);2-11,22-23H,1H3. The van der Waals surface area contributed by atoms with Crippen LogP contribution in [-0.2, 0) is 34.0 Å². The zero-order valence-corrected chi connectivity index (χ0v) is 38.6. The molecule has 0 spiro atoms. The highest BCUT2D eigenvalue weighted by Gasteiger charge is 2.34. The molecule has 1 aliphatic rings. The molecule has 23 nitrogen and oxygen atoms in total. The average molecular weight is 990 g/mol. The van der Waals surface area contributed by atoms with Gasteiger partial charge >= 0.3 is 27.7 Å². The van der Waals surface area contributed by atoms with Crippen LogP contribution in [0.2, 0.25) is 5.02 Å². The van der Waals surface area contributed by atoms with Crippen molar-refractivity contribution in [3.63, 3.8) is 0 Å². The highest BCUT2D eigenvalue weighted by atomic mass is 35.5. The fourth-order valence-corrected chi connectivity index (χ4v) is 7.25. The molecule has 3 N–H and O–H groups in total. The number of nitrogens with zero attached hydrogens (tertiary/aromatic N) is 5. The summed E-state index contributed by atoms with van der Waals surface area (Å²) in [6.45, 7) is 4.02. The van der Waals surface area contributed by atoms with E-state index in [9.17, 15) is 57.7 Å². The van der Waals surface area contributed by atoms with Gasteiger partial charge in [0.1, 0.15) is 36.1 Å². The third kappa shape index (κ3) is 13.3. The quantitative estimate of drug-likeness (QED) is 0.0196. The lowest BCUT2D eigenvalue weighted by Crippen LogP contribution is -2.32. The van der Waals surface area contributed by atoms with Crippen molar-refractivity contribution in [3.8, 4) is 17.2 Å². The zero-order chi connectivity index (χ0) is 50.7. The number of ether oxygens (including phenoxy) is 3. The van der Waals surface area contributed by atoms with E-state index < -0.39 is 65.7 Å². The average Bonchev–Trinajstić information content (AvgIpc) is 3.27. The summed E-state index contributed by atoms with van der Waals surface area (Å²) in [6.07, 6.45) is 0.947. The molecule has 0 saturated heterocycles. The van der Waals surface area contributed by atoms with Crippen LogP contribution in [0, 0.1) is 20.2 Å². The van der Waals surface area contributed by atoms with Crippen LogP contribution in [0.3, 0.4) is 0 Å². The van der Waals surface area contributed by atoms with Crippen molar-refractivity contribution in [1.82, 2.24) is 0 Å². The first-order valence-corrected chi connectivity index (χ1v) is 22.1. The summed E-state index contributed by atoms with van der Waals surface area (Å²) in [4.78, 5) is 82.9. The van der Waals surface area contributed by atoms with Crippen LogP contribution in [-0.4, -0.2) is 92.5 Å². The smallest absolute Gasteiger partial charge is 0.306 e. The van der Waals surface area contributed by atoms with Gasteiger partial charge in [-0.2, -0.15) is 8.42 Å². The molecule has 0 atom stereocenters. The molecule has 0 bridgehead atoms. The Morgan fingerprint density at radius 3 is 1.91 bits per heavy atom. The lowest BCUT2D eigenvalue weighted by Gasteiger charge is -2.27. The van der Waals surface area contributed by atoms with Gasteiger partial charge in [-0.1, -0.05) is 35.9 Å². The number of nitro benzene ring substituents is 2. The second kappa shape index (κ2) is 22.3. The van der Waals surface area contributed by atoms with E-state index in [1.54, 1.807) is 41.3 Å². The van der Waals surface area contributed by atoms with Crippen LogP contribution in [0.4, 0.5) is 45.5 Å². The molecular formula is C44H40ClN7O16S. The molecule has 6 rings (SSSR count). The first-order chi connectivity index (χ1) is 32.6. The molecule has 0 saturated carbocycles. The molecule has 0 heterocycles. The second-order valence-electron chi connectivity index (χ2n) is 14.4. The predicted octanol–water partition coefficient (Wildman–Crippen LogP) is 7.72. The lowest BCUT2D eigenvalue weighted by molar-refractivity contribution is -0.393. The SMILES string of the molecule is COc1cc(N=Nc2c(Cl)cc([N+](=O)[O-])cc2[N+](=O)[O-])c(NC(C)=O)cc1N(CCOC(C)=O)CCOC(C)=O.CS(=O)(=O)Oc1ccc(Nc2ccc(O)c3c2C(=O)c2ccccc2C3=O)cc1. The van der Waals surface area contributed by atoms with E-state index in [0.717, 1.165) is 12.3 Å². The number of fused-ring (bicyclic) bond motifs is 2. The molecule has 360 valence electrons. The first-order valence-electron chi connectivity index (χ1n) is 19.9. The predicted molar refractivity (Wildman–Crippen MR) is 248 cm³/mol. The number of carbonyl (C=O) groups excluding carboxylic acids is 5. The molecule has 5 aromatic carbocycles. The van der Waals surface area contributed by atoms with Crippen molar-refractivity contribution in [1.29, 1.82) is 0 Å². The summed E-state index contributed by atoms with van der Waals surface area (Å²) in [5, 5.41) is 45.9. The molecule has 0 radical (unpaired) electrons. The van der Waals surface area contributed by atoms with E-state index >= 15 is 0 Å². The van der Waals surface area contributed by atoms with Crippen molar-refractivity contribution in [2.24, 2.45) is 10.2 Å². The molecule has 5 aromatic rings. The number of esters is 2. The van der Waals surface area contributed by atoms with E-state index in [4.69, 9.17) is 30.0 Å². The fraction of sp³-hybridized carbons (Fsp3) is 0.205. The van der Waals surface area contributed by atoms with E-state index in [2.05, 4.69) is 20.9 Å². The minimum atomic E-state index is -3.64. The largest absolute Gasteiger partial charge is 0.507 e. The maximum absolute atomic E-state index is 13.0. The third-order valence-electron chi connectivity index (χ3n) is 9.41. The van der Waals surface area contributed by atoms with Gasteiger partial charge in [0.05, 0.1) is 75.6 Å². The Bertz CT molecular complexity index is 3000. The number of halogens is 1. The minimum absolute atomic E-state index is 0.000519. The summed E-state index contributed by atoms with van der Waals surface area (Å²) in [5.41, 5.74) is 0.147. The van der Waals surface area contributed by atoms with E-state index in [0.29, 0.717) is 23.1 Å². The van der Waals surface area contributed by atoms with Gasteiger partial charge in [0.25, 0.3) is 5.69 Å². The number of rotatable bonds is 17. The third-order valence-corrected chi connectivity index (χ3v) is 10.2. The van der Waals surface area contributed by atoms with Gasteiger partial charge in [-0.25, -0.2) is 0 Å². The monoisotopic (exact) mass is 989 g/mol. The summed E-state index contributed by atoms with van der Waals surface area (Å²) < 4.78 is 42.7. The van der Waals surface area contributed by atoms with Crippen LogP contribution < -0.4 is 24.5 Å². The molecule has 1 amide bonds. The number of nitrogens with one attached hydrogen (secondary N) is 2. The molecule has 1 aliphatic carbocycles. The van der Waals surface area contributed by atoms with Crippen LogP contribution in [0.15, 0.2) is 95.2 Å². The number of carbonyl (C=O) groups is 5. The van der Waals surface area contributed by atoms with Crippen molar-refractivity contribution in [2.45, 2.75) is 20.8 Å². The van der Waals surface area contributed by atoms with Crippen LogP contribution in [0.25, 0.3) is 0 Å². The maximum atomic E-state index is 13.0. The van der Waals surface area contributed by atoms with Gasteiger partial charge in [0.2, 0.25) is 5.91 Å². The number of azo groups is 1. The number of amides is 1. The Morgan fingerprint density at radius 1 is 0.797 bits per heavy atom. The zero-order valence-electron chi connectivity index (χ0n) is 37.0. The second-order valence-corrected chi connectivity index (χ2v) is 16.4. The van der Waals surface area contributed by atoms with Gasteiger partial charge in [0, 0.05) is 49.7 Å². The number of ketones is 2. The number of aromatic hydroxyl groups is 1. The van der Waals surface area contributed by atoms with E-state index in [1.165, 1.54) is 64.3 Å². The summed E-state index contributed by atoms with van der Waals surface area (Å²) in [7, 11) is -2.28. The van der Waals surface area contributed by atoms with Crippen molar-refractivity contribution in [2.75, 3.05) is 55.2 Å². The Hall–Kier alpha value is -8.51. The van der Waals surface area contributed by atoms with Gasteiger partial charge in [-0.05, 0) is 42.5 Å². The molecule has 25 heteroatoms. The highest BCUT2D eigenvalue weighted by molar-refractivity contribution is 7.86. The molecular weight excluding hydrogens is 950 g/mol. The molecule has 0 fully saturated rings. The Morgan fingerprint density at radius 2 is 1.39 bits per heavy atom. The number of phenolic OH excluding ortho intramolecular Hbond substituents is 1. The van der Waals surface area contributed by atoms with Gasteiger partial charge in [-0.3, -0.25) is 44.2 Å². The number of hydrogen-bond donors (Lipinski definition) is 3. The Kier molecular flexibility index (Phi) is 16.7. The van der Waals surface area contributed by atoms with Crippen LogP contribution >= 0.6 is 11.6 Å². The maximum Gasteiger partial charge on any atom is 0.306 e. The van der Waals surface area contributed by atoms with E-state index in [1.807, 2.05) is 0 Å². The van der Waals surface area contributed by atoms with E-state index in [-0.39, 0.29) is 83.0 Å². The van der Waals surface area contributed by atoms with Crippen LogP contribution in [0.5, 0.6) is 17.2 Å². The number of benzene rings is 5. The number of methoxy groups -OCH3 is 1. The number of anilines is 4. The first kappa shape index (κ1) is 51.5. The molecule has 0 unspecified atom stereocenters. The number of phenols is 1. The summed E-state index contributed by atoms with van der Waals surface area (Å²) >= 11 is 6.04.